The smallest absolute Gasteiger partial charge is 0.224 e. The standard InChI is InChI=1S/C15H25FN4S/c1-3-9-17-14-18-10-12(16)13(20-14)19-11-15(21-2)7-5-4-6-8-15/h10H,3-9,11H2,1-2H3,(H2,17,18,19,20). The van der Waals surface area contributed by atoms with Gasteiger partial charge in [-0.05, 0) is 25.5 Å². The molecule has 0 spiro atoms. The first-order valence-electron chi connectivity index (χ1n) is 7.74. The number of nitrogens with zero attached hydrogens (tertiary/aromatic N) is 2. The first-order chi connectivity index (χ1) is 10.2. The summed E-state index contributed by atoms with van der Waals surface area (Å²) in [6.45, 7) is 3.62. The van der Waals surface area contributed by atoms with Crippen molar-refractivity contribution >= 4 is 23.5 Å². The fourth-order valence-corrected chi connectivity index (χ4v) is 3.62. The maximum atomic E-state index is 13.9. The van der Waals surface area contributed by atoms with Gasteiger partial charge in [0.05, 0.1) is 6.20 Å². The van der Waals surface area contributed by atoms with Crippen LogP contribution in [0.3, 0.4) is 0 Å². The Morgan fingerprint density at radius 2 is 2.05 bits per heavy atom. The monoisotopic (exact) mass is 312 g/mol. The van der Waals surface area contributed by atoms with Gasteiger partial charge >= 0.3 is 0 Å². The summed E-state index contributed by atoms with van der Waals surface area (Å²) in [4.78, 5) is 8.21. The fraction of sp³-hybridized carbons (Fsp3) is 0.733. The van der Waals surface area contributed by atoms with E-state index in [9.17, 15) is 4.39 Å². The molecule has 118 valence electrons. The van der Waals surface area contributed by atoms with Gasteiger partial charge in [-0.2, -0.15) is 16.7 Å². The van der Waals surface area contributed by atoms with Crippen molar-refractivity contribution in [2.45, 2.75) is 50.2 Å². The Kier molecular flexibility index (Phi) is 6.08. The predicted octanol–water partition coefficient (Wildman–Crippen LogP) is 3.92. The Bertz CT molecular complexity index is 449. The van der Waals surface area contributed by atoms with E-state index in [1.54, 1.807) is 0 Å². The summed E-state index contributed by atoms with van der Waals surface area (Å²) in [5.74, 6) is 0.411. The minimum absolute atomic E-state index is 0.215. The van der Waals surface area contributed by atoms with E-state index in [0.29, 0.717) is 11.8 Å². The molecule has 0 saturated heterocycles. The van der Waals surface area contributed by atoms with Gasteiger partial charge < -0.3 is 10.6 Å². The van der Waals surface area contributed by atoms with Crippen LogP contribution in [-0.4, -0.2) is 34.1 Å². The van der Waals surface area contributed by atoms with Crippen molar-refractivity contribution in [3.8, 4) is 0 Å². The zero-order valence-electron chi connectivity index (χ0n) is 12.9. The van der Waals surface area contributed by atoms with Crippen LogP contribution in [0, 0.1) is 5.82 Å². The van der Waals surface area contributed by atoms with Gasteiger partial charge in [0.2, 0.25) is 5.95 Å². The zero-order chi connectivity index (χ0) is 15.1. The van der Waals surface area contributed by atoms with E-state index in [1.165, 1.54) is 38.3 Å². The molecule has 1 aromatic heterocycles. The molecule has 0 aliphatic heterocycles. The molecular weight excluding hydrogens is 287 g/mol. The summed E-state index contributed by atoms with van der Waals surface area (Å²) in [6, 6.07) is 0. The molecule has 1 aliphatic rings. The van der Waals surface area contributed by atoms with E-state index in [0.717, 1.165) is 19.5 Å². The molecule has 1 heterocycles. The molecule has 0 atom stereocenters. The summed E-state index contributed by atoms with van der Waals surface area (Å²) in [6.07, 6.45) is 10.6. The maximum Gasteiger partial charge on any atom is 0.224 e. The van der Waals surface area contributed by atoms with Crippen LogP contribution < -0.4 is 10.6 Å². The second-order valence-electron chi connectivity index (χ2n) is 5.62. The number of nitrogens with one attached hydrogen (secondary N) is 2. The van der Waals surface area contributed by atoms with Gasteiger partial charge in [-0.15, -0.1) is 0 Å². The topological polar surface area (TPSA) is 49.8 Å². The molecule has 1 saturated carbocycles. The van der Waals surface area contributed by atoms with Crippen LogP contribution >= 0.6 is 11.8 Å². The van der Waals surface area contributed by atoms with Crippen molar-refractivity contribution in [3.63, 3.8) is 0 Å². The number of thioether (sulfide) groups is 1. The highest BCUT2D eigenvalue weighted by Crippen LogP contribution is 2.38. The molecule has 0 radical (unpaired) electrons. The minimum Gasteiger partial charge on any atom is -0.366 e. The molecule has 6 heteroatoms. The third-order valence-corrected chi connectivity index (χ3v) is 5.47. The van der Waals surface area contributed by atoms with E-state index in [2.05, 4.69) is 33.8 Å². The lowest BCUT2D eigenvalue weighted by Crippen LogP contribution is -2.36. The highest BCUT2D eigenvalue weighted by Gasteiger charge is 2.31. The zero-order valence-corrected chi connectivity index (χ0v) is 13.7. The summed E-state index contributed by atoms with van der Waals surface area (Å²) in [7, 11) is 0. The molecule has 21 heavy (non-hydrogen) atoms. The number of rotatable bonds is 7. The van der Waals surface area contributed by atoms with Crippen LogP contribution in [0.4, 0.5) is 16.2 Å². The molecule has 4 nitrogen and oxygen atoms in total. The number of hydrogen-bond donors (Lipinski definition) is 2. The van der Waals surface area contributed by atoms with Crippen LogP contribution in [0.2, 0.25) is 0 Å². The van der Waals surface area contributed by atoms with Crippen molar-refractivity contribution < 1.29 is 4.39 Å². The Morgan fingerprint density at radius 1 is 1.29 bits per heavy atom. The second kappa shape index (κ2) is 7.82. The minimum atomic E-state index is -0.385. The molecule has 2 N–H and O–H groups in total. The summed E-state index contributed by atoms with van der Waals surface area (Å²) in [5.41, 5.74) is 0. The molecule has 2 rings (SSSR count). The van der Waals surface area contributed by atoms with Crippen molar-refractivity contribution in [1.29, 1.82) is 0 Å². The Hall–Kier alpha value is -1.04. The van der Waals surface area contributed by atoms with Crippen molar-refractivity contribution in [1.82, 2.24) is 9.97 Å². The van der Waals surface area contributed by atoms with Gasteiger partial charge in [-0.3, -0.25) is 0 Å². The SMILES string of the molecule is CCCNc1ncc(F)c(NCC2(SC)CCCCC2)n1. The highest BCUT2D eigenvalue weighted by atomic mass is 32.2. The average Bonchev–Trinajstić information content (AvgIpc) is 2.53. The second-order valence-corrected chi connectivity index (χ2v) is 6.89. The van der Waals surface area contributed by atoms with E-state index in [4.69, 9.17) is 0 Å². The number of anilines is 2. The Morgan fingerprint density at radius 3 is 2.71 bits per heavy atom. The van der Waals surface area contributed by atoms with Gasteiger partial charge in [0.15, 0.2) is 11.6 Å². The van der Waals surface area contributed by atoms with Crippen LogP contribution in [0.25, 0.3) is 0 Å². The van der Waals surface area contributed by atoms with Gasteiger partial charge in [0, 0.05) is 17.8 Å². The highest BCUT2D eigenvalue weighted by molar-refractivity contribution is 8.00. The number of aromatic nitrogens is 2. The van der Waals surface area contributed by atoms with Gasteiger partial charge in [-0.1, -0.05) is 26.2 Å². The first kappa shape index (κ1) is 16.3. The van der Waals surface area contributed by atoms with Crippen molar-refractivity contribution in [2.75, 3.05) is 30.0 Å². The van der Waals surface area contributed by atoms with E-state index in [-0.39, 0.29) is 10.6 Å². The Labute approximate surface area is 130 Å². The van der Waals surface area contributed by atoms with Crippen LogP contribution in [0.1, 0.15) is 45.4 Å². The predicted molar refractivity (Wildman–Crippen MR) is 88.6 cm³/mol. The molecular formula is C15H25FN4S. The normalized spacial score (nSPS) is 17.5. The van der Waals surface area contributed by atoms with Crippen molar-refractivity contribution in [2.24, 2.45) is 0 Å². The first-order valence-corrected chi connectivity index (χ1v) is 8.97. The molecule has 1 aliphatic carbocycles. The lowest BCUT2D eigenvalue weighted by molar-refractivity contribution is 0.410. The van der Waals surface area contributed by atoms with Crippen LogP contribution in [0.5, 0.6) is 0 Å². The average molecular weight is 312 g/mol. The molecule has 1 aromatic rings. The number of halogens is 1. The molecule has 1 fully saturated rings. The molecule has 0 aromatic carbocycles. The van der Waals surface area contributed by atoms with Gasteiger partial charge in [-0.25, -0.2) is 9.37 Å². The summed E-state index contributed by atoms with van der Waals surface area (Å²) >= 11 is 1.89. The van der Waals surface area contributed by atoms with E-state index >= 15 is 0 Å². The lowest BCUT2D eigenvalue weighted by Gasteiger charge is -2.36. The lowest BCUT2D eigenvalue weighted by atomic mass is 9.88. The van der Waals surface area contributed by atoms with Crippen molar-refractivity contribution in [3.05, 3.63) is 12.0 Å². The molecule has 0 unspecified atom stereocenters. The molecule has 0 amide bonds. The third-order valence-electron chi connectivity index (χ3n) is 4.05. The largest absolute Gasteiger partial charge is 0.366 e. The van der Waals surface area contributed by atoms with Crippen LogP contribution in [0.15, 0.2) is 6.20 Å². The summed E-state index contributed by atoms with van der Waals surface area (Å²) < 4.78 is 14.1. The fourth-order valence-electron chi connectivity index (χ4n) is 2.71. The van der Waals surface area contributed by atoms with Crippen LogP contribution in [-0.2, 0) is 0 Å². The van der Waals surface area contributed by atoms with Gasteiger partial charge in [0.25, 0.3) is 0 Å². The molecule has 0 bridgehead atoms. The summed E-state index contributed by atoms with van der Waals surface area (Å²) in [5, 5.41) is 6.29. The van der Waals surface area contributed by atoms with Gasteiger partial charge in [0.1, 0.15) is 0 Å². The number of hydrogen-bond acceptors (Lipinski definition) is 5. The quantitative estimate of drug-likeness (QED) is 0.799. The third kappa shape index (κ3) is 4.46. The maximum absolute atomic E-state index is 13.9. The Balaban J connectivity index is 2.00. The van der Waals surface area contributed by atoms with E-state index < -0.39 is 0 Å². The van der Waals surface area contributed by atoms with E-state index in [1.807, 2.05) is 11.8 Å².